The number of benzene rings is 1. The van der Waals surface area contributed by atoms with Gasteiger partial charge in [0.1, 0.15) is 0 Å². The van der Waals surface area contributed by atoms with Gasteiger partial charge >= 0.3 is 0 Å². The quantitative estimate of drug-likeness (QED) is 0.807. The Hall–Kier alpha value is -1.84. The monoisotopic (exact) mass is 287 g/mol. The number of aromatic nitrogens is 1. The second-order valence-corrected chi connectivity index (χ2v) is 6.70. The second-order valence-electron chi connectivity index (χ2n) is 6.70. The summed E-state index contributed by atoms with van der Waals surface area (Å²) in [6.07, 6.45) is 5.01. The summed E-state index contributed by atoms with van der Waals surface area (Å²) in [6.45, 7) is 6.30. The molecule has 2 heterocycles. The summed E-state index contributed by atoms with van der Waals surface area (Å²) >= 11 is 0. The second kappa shape index (κ2) is 5.17. The number of anilines is 2. The molecule has 0 radical (unpaired) electrons. The first-order chi connectivity index (χ1) is 9.98. The number of nitrogen functional groups attached to an aromatic ring is 1. The van der Waals surface area contributed by atoms with Crippen molar-refractivity contribution >= 4 is 22.3 Å². The van der Waals surface area contributed by atoms with E-state index in [1.54, 1.807) is 6.20 Å². The molecule has 0 unspecified atom stereocenters. The van der Waals surface area contributed by atoms with E-state index in [1.807, 2.05) is 12.1 Å². The van der Waals surface area contributed by atoms with Gasteiger partial charge in [-0.15, -0.1) is 0 Å². The molecule has 1 aliphatic rings. The molecule has 0 amide bonds. The fourth-order valence-electron chi connectivity index (χ4n) is 3.17. The van der Waals surface area contributed by atoms with Crippen LogP contribution in [0, 0.1) is 11.2 Å². The average Bonchev–Trinajstić information content (AvgIpc) is 2.60. The van der Waals surface area contributed by atoms with Crippen LogP contribution in [0.5, 0.6) is 0 Å². The van der Waals surface area contributed by atoms with Gasteiger partial charge in [0.2, 0.25) is 0 Å². The van der Waals surface area contributed by atoms with E-state index in [4.69, 9.17) is 5.73 Å². The first-order valence-electron chi connectivity index (χ1n) is 7.56. The van der Waals surface area contributed by atoms with Crippen molar-refractivity contribution in [2.45, 2.75) is 33.1 Å². The van der Waals surface area contributed by atoms with E-state index in [0.29, 0.717) is 22.3 Å². The highest BCUT2D eigenvalue weighted by atomic mass is 19.1. The average molecular weight is 287 g/mol. The van der Waals surface area contributed by atoms with E-state index < -0.39 is 0 Å². The normalized spacial score (nSPS) is 18.7. The van der Waals surface area contributed by atoms with E-state index in [2.05, 4.69) is 23.7 Å². The zero-order chi connectivity index (χ0) is 15.0. The molecule has 1 aromatic carbocycles. The van der Waals surface area contributed by atoms with Crippen LogP contribution < -0.4 is 10.6 Å². The minimum absolute atomic E-state index is 0.265. The summed E-state index contributed by atoms with van der Waals surface area (Å²) in [5.74, 6) is -0.265. The number of hydrogen-bond donors (Lipinski definition) is 1. The van der Waals surface area contributed by atoms with Gasteiger partial charge in [-0.25, -0.2) is 4.39 Å². The lowest BCUT2D eigenvalue weighted by molar-refractivity contribution is 0.325. The summed E-state index contributed by atoms with van der Waals surface area (Å²) in [4.78, 5) is 6.52. The number of nitrogens with two attached hydrogens (primary N) is 1. The summed E-state index contributed by atoms with van der Waals surface area (Å²) in [5.41, 5.74) is 7.99. The molecule has 1 saturated heterocycles. The molecule has 3 rings (SSSR count). The molecule has 2 N–H and O–H groups in total. The van der Waals surface area contributed by atoms with Crippen LogP contribution in [0.15, 0.2) is 24.4 Å². The number of hydrogen-bond acceptors (Lipinski definition) is 3. The summed E-state index contributed by atoms with van der Waals surface area (Å²) in [5, 5.41) is 0.831. The van der Waals surface area contributed by atoms with E-state index in [9.17, 15) is 4.39 Å². The van der Waals surface area contributed by atoms with Gasteiger partial charge in [-0.3, -0.25) is 4.98 Å². The predicted molar refractivity (Wildman–Crippen MR) is 86.0 cm³/mol. The van der Waals surface area contributed by atoms with Crippen LogP contribution in [0.3, 0.4) is 0 Å². The molecule has 0 aliphatic carbocycles. The van der Waals surface area contributed by atoms with Crippen LogP contribution in [0.4, 0.5) is 15.8 Å². The van der Waals surface area contributed by atoms with Gasteiger partial charge in [0.05, 0.1) is 11.2 Å². The molecule has 0 bridgehead atoms. The molecular weight excluding hydrogens is 265 g/mol. The number of pyridine rings is 1. The summed E-state index contributed by atoms with van der Waals surface area (Å²) in [7, 11) is 0. The third kappa shape index (κ3) is 2.67. The van der Waals surface area contributed by atoms with Crippen molar-refractivity contribution in [3.8, 4) is 0 Å². The van der Waals surface area contributed by atoms with E-state index >= 15 is 0 Å². The van der Waals surface area contributed by atoms with Crippen molar-refractivity contribution in [1.82, 2.24) is 4.98 Å². The molecule has 2 aromatic rings. The van der Waals surface area contributed by atoms with Crippen LogP contribution in [0.1, 0.15) is 33.1 Å². The lowest BCUT2D eigenvalue weighted by Gasteiger charge is -2.26. The Bertz CT molecular complexity index is 666. The Kier molecular flexibility index (Phi) is 3.47. The van der Waals surface area contributed by atoms with Gasteiger partial charge in [0.15, 0.2) is 5.82 Å². The van der Waals surface area contributed by atoms with Gasteiger partial charge in [-0.1, -0.05) is 13.8 Å². The third-order valence-corrected chi connectivity index (χ3v) is 4.51. The van der Waals surface area contributed by atoms with Crippen LogP contribution in [0.25, 0.3) is 10.9 Å². The third-order valence-electron chi connectivity index (χ3n) is 4.51. The van der Waals surface area contributed by atoms with Crippen molar-refractivity contribution in [3.63, 3.8) is 0 Å². The van der Waals surface area contributed by atoms with Crippen LogP contribution >= 0.6 is 0 Å². The minimum Gasteiger partial charge on any atom is -0.398 e. The smallest absolute Gasteiger partial charge is 0.150 e. The topological polar surface area (TPSA) is 42.1 Å². The fraction of sp³-hybridized carbons (Fsp3) is 0.471. The van der Waals surface area contributed by atoms with Crippen molar-refractivity contribution in [1.29, 1.82) is 0 Å². The number of nitrogens with zero attached hydrogens (tertiary/aromatic N) is 2. The molecule has 1 fully saturated rings. The summed E-state index contributed by atoms with van der Waals surface area (Å²) < 4.78 is 14.5. The molecule has 0 spiro atoms. The Morgan fingerprint density at radius 1 is 1.29 bits per heavy atom. The zero-order valence-electron chi connectivity index (χ0n) is 12.7. The Labute approximate surface area is 125 Å². The standard InChI is InChI=1S/C17H22FN3/c1-17(2)6-4-9-21(10-7-17)16-13(18)11-14(19)12-5-3-8-20-15(12)16/h3,5,8,11H,4,6-7,9-10,19H2,1-2H3. The number of fused-ring (bicyclic) bond motifs is 1. The van der Waals surface area contributed by atoms with Gasteiger partial charge in [-0.05, 0) is 42.9 Å². The van der Waals surface area contributed by atoms with Crippen molar-refractivity contribution in [2.75, 3.05) is 23.7 Å². The first kappa shape index (κ1) is 14.1. The number of rotatable bonds is 1. The van der Waals surface area contributed by atoms with Crippen LogP contribution in [-0.4, -0.2) is 18.1 Å². The predicted octanol–water partition coefficient (Wildman–Crippen LogP) is 3.97. The van der Waals surface area contributed by atoms with E-state index in [1.165, 1.54) is 12.5 Å². The lowest BCUT2D eigenvalue weighted by Crippen LogP contribution is -2.26. The summed E-state index contributed by atoms with van der Waals surface area (Å²) in [6, 6.07) is 5.17. The van der Waals surface area contributed by atoms with Gasteiger partial charge < -0.3 is 10.6 Å². The first-order valence-corrected chi connectivity index (χ1v) is 7.56. The molecule has 21 heavy (non-hydrogen) atoms. The van der Waals surface area contributed by atoms with Gasteiger partial charge in [0, 0.05) is 30.4 Å². The zero-order valence-corrected chi connectivity index (χ0v) is 12.7. The Morgan fingerprint density at radius 3 is 2.90 bits per heavy atom. The van der Waals surface area contributed by atoms with E-state index in [0.717, 1.165) is 31.3 Å². The fourth-order valence-corrected chi connectivity index (χ4v) is 3.17. The van der Waals surface area contributed by atoms with Crippen molar-refractivity contribution < 1.29 is 4.39 Å². The number of halogens is 1. The molecule has 0 atom stereocenters. The molecule has 1 aromatic heterocycles. The van der Waals surface area contributed by atoms with Crippen LogP contribution in [-0.2, 0) is 0 Å². The Balaban J connectivity index is 2.08. The largest absolute Gasteiger partial charge is 0.398 e. The maximum absolute atomic E-state index is 14.5. The molecular formula is C17H22FN3. The minimum atomic E-state index is -0.265. The molecule has 112 valence electrons. The van der Waals surface area contributed by atoms with Crippen molar-refractivity contribution in [3.05, 3.63) is 30.2 Å². The maximum Gasteiger partial charge on any atom is 0.150 e. The SMILES string of the molecule is CC1(C)CCCN(c2c(F)cc(N)c3cccnc23)CC1. The highest BCUT2D eigenvalue weighted by Gasteiger charge is 2.26. The lowest BCUT2D eigenvalue weighted by atomic mass is 9.85. The molecule has 1 aliphatic heterocycles. The molecule has 3 nitrogen and oxygen atoms in total. The van der Waals surface area contributed by atoms with Crippen LogP contribution in [0.2, 0.25) is 0 Å². The molecule has 0 saturated carbocycles. The Morgan fingerprint density at radius 2 is 2.10 bits per heavy atom. The van der Waals surface area contributed by atoms with Crippen molar-refractivity contribution in [2.24, 2.45) is 5.41 Å². The van der Waals surface area contributed by atoms with Gasteiger partial charge in [0.25, 0.3) is 0 Å². The highest BCUT2D eigenvalue weighted by Crippen LogP contribution is 2.36. The maximum atomic E-state index is 14.5. The van der Waals surface area contributed by atoms with Gasteiger partial charge in [-0.2, -0.15) is 0 Å². The highest BCUT2D eigenvalue weighted by molar-refractivity contribution is 5.98. The van der Waals surface area contributed by atoms with E-state index in [-0.39, 0.29) is 5.82 Å². The molecule has 4 heteroatoms.